The monoisotopic (exact) mass is 441 g/mol. The largest absolute Gasteiger partial charge is 0.480 e. The number of benzene rings is 3. The van der Waals surface area contributed by atoms with E-state index in [0.29, 0.717) is 10.9 Å². The molecule has 0 aliphatic carbocycles. The van der Waals surface area contributed by atoms with Crippen LogP contribution in [0.25, 0.3) is 10.9 Å². The minimum atomic E-state index is -1.14. The number of amides is 1. The number of carbonyl (C=O) groups excluding carboxylic acids is 1. The van der Waals surface area contributed by atoms with Crippen molar-refractivity contribution in [2.24, 2.45) is 0 Å². The van der Waals surface area contributed by atoms with Crippen LogP contribution in [0.4, 0.5) is 0 Å². The zero-order valence-corrected chi connectivity index (χ0v) is 17.8. The molecule has 2 atom stereocenters. The molecule has 0 aliphatic rings. The van der Waals surface area contributed by atoms with Gasteiger partial charge in [0.2, 0.25) is 5.91 Å². The van der Waals surface area contributed by atoms with Crippen LogP contribution < -0.4 is 10.9 Å². The van der Waals surface area contributed by atoms with Gasteiger partial charge in [-0.25, -0.2) is 9.78 Å². The summed E-state index contributed by atoms with van der Waals surface area (Å²) in [6.45, 7) is 0. The first-order valence-corrected chi connectivity index (χ1v) is 10.6. The molecule has 0 saturated carbocycles. The quantitative estimate of drug-likeness (QED) is 0.438. The van der Waals surface area contributed by atoms with E-state index in [2.05, 4.69) is 10.3 Å². The van der Waals surface area contributed by atoms with Gasteiger partial charge in [-0.15, -0.1) is 0 Å². The van der Waals surface area contributed by atoms with Crippen molar-refractivity contribution < 1.29 is 14.7 Å². The molecule has 0 radical (unpaired) electrons. The van der Waals surface area contributed by atoms with Crippen LogP contribution in [0, 0.1) is 0 Å². The van der Waals surface area contributed by atoms with Gasteiger partial charge < -0.3 is 10.4 Å². The zero-order chi connectivity index (χ0) is 23.2. The number of hydrogen-bond acceptors (Lipinski definition) is 4. The lowest BCUT2D eigenvalue weighted by Gasteiger charge is -2.22. The second-order valence-electron chi connectivity index (χ2n) is 7.77. The minimum Gasteiger partial charge on any atom is -0.480 e. The van der Waals surface area contributed by atoms with Crippen molar-refractivity contribution in [3.63, 3.8) is 0 Å². The number of para-hydroxylation sites is 1. The average Bonchev–Trinajstić information content (AvgIpc) is 2.84. The average molecular weight is 441 g/mol. The third-order valence-corrected chi connectivity index (χ3v) is 5.50. The van der Waals surface area contributed by atoms with Crippen LogP contribution >= 0.6 is 0 Å². The lowest BCUT2D eigenvalue weighted by Crippen LogP contribution is -2.47. The number of fused-ring (bicyclic) bond motifs is 1. The molecule has 2 N–H and O–H groups in total. The maximum Gasteiger partial charge on any atom is 0.326 e. The Bertz CT molecular complexity index is 1320. The summed E-state index contributed by atoms with van der Waals surface area (Å²) in [4.78, 5) is 42.8. The van der Waals surface area contributed by atoms with E-state index < -0.39 is 24.0 Å². The fourth-order valence-electron chi connectivity index (χ4n) is 3.78. The van der Waals surface area contributed by atoms with Gasteiger partial charge in [-0.2, -0.15) is 0 Å². The van der Waals surface area contributed by atoms with E-state index in [1.165, 1.54) is 10.9 Å². The molecule has 1 amide bonds. The standard InChI is InChI=1S/C26H23N3O4/c30-24(28-22(26(32)33)15-18-9-3-1-4-10-18)23(16-19-11-5-2-6-12-19)29-17-27-21-14-8-7-13-20(21)25(29)31/h1-14,17,22-23H,15-16H2,(H,28,30)(H,32,33). The van der Waals surface area contributed by atoms with Crippen LogP contribution in [-0.2, 0) is 22.4 Å². The Balaban J connectivity index is 1.68. The van der Waals surface area contributed by atoms with Crippen LogP contribution in [-0.4, -0.2) is 32.6 Å². The minimum absolute atomic E-state index is 0.130. The van der Waals surface area contributed by atoms with Gasteiger partial charge in [0.25, 0.3) is 5.56 Å². The van der Waals surface area contributed by atoms with Crippen molar-refractivity contribution in [1.29, 1.82) is 0 Å². The Labute approximate surface area is 190 Å². The molecule has 4 rings (SSSR count). The molecule has 0 spiro atoms. The molecule has 7 heteroatoms. The van der Waals surface area contributed by atoms with E-state index in [9.17, 15) is 19.5 Å². The summed E-state index contributed by atoms with van der Waals surface area (Å²) in [6.07, 6.45) is 1.69. The van der Waals surface area contributed by atoms with Crippen LogP contribution in [0.15, 0.2) is 96.1 Å². The maximum atomic E-state index is 13.4. The SMILES string of the molecule is O=C(O)C(Cc1ccccc1)NC(=O)C(Cc1ccccc1)n1cnc2ccccc2c1=O. The molecule has 33 heavy (non-hydrogen) atoms. The van der Waals surface area contributed by atoms with Gasteiger partial charge in [-0.3, -0.25) is 14.2 Å². The van der Waals surface area contributed by atoms with Gasteiger partial charge >= 0.3 is 5.97 Å². The van der Waals surface area contributed by atoms with Crippen molar-refractivity contribution in [3.8, 4) is 0 Å². The smallest absolute Gasteiger partial charge is 0.326 e. The van der Waals surface area contributed by atoms with Crippen molar-refractivity contribution in [2.45, 2.75) is 24.9 Å². The summed E-state index contributed by atoms with van der Waals surface area (Å²) in [5.41, 5.74) is 1.80. The van der Waals surface area contributed by atoms with Crippen molar-refractivity contribution >= 4 is 22.8 Å². The van der Waals surface area contributed by atoms with Crippen LogP contribution in [0.3, 0.4) is 0 Å². The molecule has 0 saturated heterocycles. The Hall–Kier alpha value is -4.26. The maximum absolute atomic E-state index is 13.4. The number of aliphatic carboxylic acids is 1. The first kappa shape index (κ1) is 22.0. The van der Waals surface area contributed by atoms with Gasteiger partial charge in [0.05, 0.1) is 17.2 Å². The predicted molar refractivity (Wildman–Crippen MR) is 125 cm³/mol. The Morgan fingerprint density at radius 3 is 2.06 bits per heavy atom. The van der Waals surface area contributed by atoms with Crippen molar-refractivity contribution in [1.82, 2.24) is 14.9 Å². The molecule has 0 aliphatic heterocycles. The van der Waals surface area contributed by atoms with E-state index in [4.69, 9.17) is 0 Å². The Morgan fingerprint density at radius 1 is 0.848 bits per heavy atom. The Morgan fingerprint density at radius 2 is 1.42 bits per heavy atom. The first-order valence-electron chi connectivity index (χ1n) is 10.6. The topological polar surface area (TPSA) is 101 Å². The molecular weight excluding hydrogens is 418 g/mol. The highest BCUT2D eigenvalue weighted by Gasteiger charge is 2.28. The summed E-state index contributed by atoms with van der Waals surface area (Å²) in [5, 5.41) is 12.8. The highest BCUT2D eigenvalue weighted by Crippen LogP contribution is 2.16. The second-order valence-corrected chi connectivity index (χ2v) is 7.77. The fourth-order valence-corrected chi connectivity index (χ4v) is 3.78. The van der Waals surface area contributed by atoms with Gasteiger partial charge in [0, 0.05) is 12.8 Å². The number of carbonyl (C=O) groups is 2. The summed E-state index contributed by atoms with van der Waals surface area (Å²) < 4.78 is 1.28. The Kier molecular flexibility index (Phi) is 6.59. The molecule has 1 heterocycles. The summed E-state index contributed by atoms with van der Waals surface area (Å²) >= 11 is 0. The molecule has 1 aromatic heterocycles. The molecule has 166 valence electrons. The van der Waals surface area contributed by atoms with Crippen LogP contribution in [0.5, 0.6) is 0 Å². The molecule has 0 fully saturated rings. The highest BCUT2D eigenvalue weighted by molar-refractivity contribution is 5.87. The van der Waals surface area contributed by atoms with Crippen molar-refractivity contribution in [2.75, 3.05) is 0 Å². The van der Waals surface area contributed by atoms with E-state index in [-0.39, 0.29) is 18.4 Å². The number of nitrogens with zero attached hydrogens (tertiary/aromatic N) is 2. The van der Waals surface area contributed by atoms with Gasteiger partial charge in [0.1, 0.15) is 12.1 Å². The number of nitrogens with one attached hydrogen (secondary N) is 1. The predicted octanol–water partition coefficient (Wildman–Crippen LogP) is 2.99. The third kappa shape index (κ3) is 5.15. The van der Waals surface area contributed by atoms with E-state index in [0.717, 1.165) is 11.1 Å². The lowest BCUT2D eigenvalue weighted by molar-refractivity contribution is -0.142. The van der Waals surface area contributed by atoms with Gasteiger partial charge in [-0.05, 0) is 23.3 Å². The van der Waals surface area contributed by atoms with E-state index in [1.807, 2.05) is 48.5 Å². The number of rotatable bonds is 8. The van der Waals surface area contributed by atoms with Gasteiger partial charge in [0.15, 0.2) is 0 Å². The second kappa shape index (κ2) is 9.91. The summed E-state index contributed by atoms with van der Waals surface area (Å²) in [7, 11) is 0. The molecule has 2 unspecified atom stereocenters. The normalized spacial score (nSPS) is 12.7. The summed E-state index contributed by atoms with van der Waals surface area (Å²) in [6, 6.07) is 23.2. The molecular formula is C26H23N3O4. The van der Waals surface area contributed by atoms with E-state index >= 15 is 0 Å². The fraction of sp³-hybridized carbons (Fsp3) is 0.154. The lowest BCUT2D eigenvalue weighted by atomic mass is 10.0. The summed E-state index contributed by atoms with van der Waals surface area (Å²) in [5.74, 6) is -1.70. The highest BCUT2D eigenvalue weighted by atomic mass is 16.4. The number of aromatic nitrogens is 2. The van der Waals surface area contributed by atoms with Gasteiger partial charge in [-0.1, -0.05) is 72.8 Å². The molecule has 4 aromatic rings. The van der Waals surface area contributed by atoms with Crippen LogP contribution in [0.1, 0.15) is 17.2 Å². The molecule has 7 nitrogen and oxygen atoms in total. The van der Waals surface area contributed by atoms with Crippen LogP contribution in [0.2, 0.25) is 0 Å². The molecule has 0 bridgehead atoms. The molecule has 3 aromatic carbocycles. The number of carboxylic acid groups (broad SMARTS) is 1. The zero-order valence-electron chi connectivity index (χ0n) is 17.8. The number of carboxylic acids is 1. The number of hydrogen-bond donors (Lipinski definition) is 2. The third-order valence-electron chi connectivity index (χ3n) is 5.50. The van der Waals surface area contributed by atoms with Crippen molar-refractivity contribution in [3.05, 3.63) is 113 Å². The first-order chi connectivity index (χ1) is 16.0. The van der Waals surface area contributed by atoms with E-state index in [1.54, 1.807) is 36.4 Å².